The van der Waals surface area contributed by atoms with Crippen LogP contribution in [0.2, 0.25) is 0 Å². The number of hydrogen-bond donors (Lipinski definition) is 0. The number of aromatic nitrogens is 2. The summed E-state index contributed by atoms with van der Waals surface area (Å²) in [7, 11) is -6.26. The SMILES string of the molecule is CC(C)S(=O)(=O)c1ccc2c(c1)nc(C(C)(C)C)n2CC1CCS(=O)(=O)CC1. The Balaban J connectivity index is 2.05. The first-order chi connectivity index (χ1) is 12.8. The van der Waals surface area contributed by atoms with Crippen molar-refractivity contribution < 1.29 is 16.8 Å². The Bertz CT molecular complexity index is 1080. The fourth-order valence-electron chi connectivity index (χ4n) is 3.70. The van der Waals surface area contributed by atoms with Crippen molar-refractivity contribution in [2.24, 2.45) is 5.92 Å². The largest absolute Gasteiger partial charge is 0.327 e. The fraction of sp³-hybridized carbons (Fsp3) is 0.650. The third-order valence-corrected chi connectivity index (χ3v) is 9.32. The summed E-state index contributed by atoms with van der Waals surface area (Å²) in [5, 5.41) is -0.488. The van der Waals surface area contributed by atoms with Crippen LogP contribution in [0.5, 0.6) is 0 Å². The van der Waals surface area contributed by atoms with Gasteiger partial charge in [-0.25, -0.2) is 21.8 Å². The van der Waals surface area contributed by atoms with Gasteiger partial charge in [-0.05, 0) is 50.8 Å². The molecule has 1 saturated heterocycles. The maximum absolute atomic E-state index is 12.6. The zero-order valence-corrected chi connectivity index (χ0v) is 18.9. The Morgan fingerprint density at radius 3 is 2.32 bits per heavy atom. The van der Waals surface area contributed by atoms with Gasteiger partial charge in [0, 0.05) is 12.0 Å². The van der Waals surface area contributed by atoms with E-state index >= 15 is 0 Å². The molecule has 2 heterocycles. The average Bonchev–Trinajstić information content (AvgIpc) is 2.94. The minimum Gasteiger partial charge on any atom is -0.327 e. The molecule has 3 rings (SSSR count). The van der Waals surface area contributed by atoms with Gasteiger partial charge in [-0.2, -0.15) is 0 Å². The third-order valence-electron chi connectivity index (χ3n) is 5.45. The highest BCUT2D eigenvalue weighted by Gasteiger charge is 2.29. The number of sulfone groups is 2. The van der Waals surface area contributed by atoms with Crippen LogP contribution in [0.25, 0.3) is 11.0 Å². The molecule has 0 saturated carbocycles. The molecule has 6 nitrogen and oxygen atoms in total. The van der Waals surface area contributed by atoms with Crippen molar-refractivity contribution in [3.8, 4) is 0 Å². The highest BCUT2D eigenvalue weighted by atomic mass is 32.2. The first-order valence-electron chi connectivity index (χ1n) is 9.76. The lowest BCUT2D eigenvalue weighted by Gasteiger charge is -2.26. The number of benzene rings is 1. The van der Waals surface area contributed by atoms with Crippen LogP contribution in [0.3, 0.4) is 0 Å². The maximum atomic E-state index is 12.6. The number of fused-ring (bicyclic) bond motifs is 1. The molecule has 0 atom stereocenters. The molecule has 1 aliphatic heterocycles. The summed E-state index contributed by atoms with van der Waals surface area (Å²) < 4.78 is 50.8. The lowest BCUT2D eigenvalue weighted by molar-refractivity contribution is 0.386. The van der Waals surface area contributed by atoms with Gasteiger partial charge in [0.15, 0.2) is 9.84 Å². The Hall–Kier alpha value is -1.41. The van der Waals surface area contributed by atoms with Crippen molar-refractivity contribution in [3.63, 3.8) is 0 Å². The maximum Gasteiger partial charge on any atom is 0.180 e. The van der Waals surface area contributed by atoms with E-state index in [0.29, 0.717) is 29.8 Å². The summed E-state index contributed by atoms with van der Waals surface area (Å²) in [5.41, 5.74) is 1.37. The Kier molecular flexibility index (Phi) is 5.42. The molecule has 1 aromatic heterocycles. The second kappa shape index (κ2) is 7.13. The number of hydrogen-bond acceptors (Lipinski definition) is 5. The van der Waals surface area contributed by atoms with Crippen LogP contribution in [-0.4, -0.2) is 43.1 Å². The summed E-state index contributed by atoms with van der Waals surface area (Å²) in [6.07, 6.45) is 1.32. The predicted molar refractivity (Wildman–Crippen MR) is 112 cm³/mol. The highest BCUT2D eigenvalue weighted by Crippen LogP contribution is 2.31. The van der Waals surface area contributed by atoms with Crippen molar-refractivity contribution in [2.75, 3.05) is 11.5 Å². The van der Waals surface area contributed by atoms with Crippen LogP contribution in [0.1, 0.15) is 53.3 Å². The summed E-state index contributed by atoms with van der Waals surface area (Å²) in [4.78, 5) is 5.09. The minimum atomic E-state index is -3.36. The van der Waals surface area contributed by atoms with Crippen molar-refractivity contribution in [1.82, 2.24) is 9.55 Å². The monoisotopic (exact) mass is 426 g/mol. The van der Waals surface area contributed by atoms with Gasteiger partial charge in [0.25, 0.3) is 0 Å². The topological polar surface area (TPSA) is 86.1 Å². The zero-order chi connectivity index (χ0) is 20.9. The molecule has 0 bridgehead atoms. The summed E-state index contributed by atoms with van der Waals surface area (Å²) in [6, 6.07) is 5.17. The van der Waals surface area contributed by atoms with Crippen LogP contribution >= 0.6 is 0 Å². The molecule has 28 heavy (non-hydrogen) atoms. The Morgan fingerprint density at radius 1 is 1.18 bits per heavy atom. The number of rotatable bonds is 4. The first kappa shape index (κ1) is 21.3. The molecule has 0 unspecified atom stereocenters. The molecule has 1 aromatic carbocycles. The van der Waals surface area contributed by atoms with Gasteiger partial charge in [0.1, 0.15) is 15.7 Å². The molecular formula is C20H30N2O4S2. The summed E-state index contributed by atoms with van der Waals surface area (Å²) in [6.45, 7) is 10.3. The predicted octanol–water partition coefficient (Wildman–Crippen LogP) is 3.34. The van der Waals surface area contributed by atoms with E-state index in [9.17, 15) is 16.8 Å². The van der Waals surface area contributed by atoms with Gasteiger partial charge in [-0.3, -0.25) is 0 Å². The number of imidazole rings is 1. The van der Waals surface area contributed by atoms with E-state index in [1.165, 1.54) is 0 Å². The van der Waals surface area contributed by atoms with Gasteiger partial charge in [-0.1, -0.05) is 20.8 Å². The summed E-state index contributed by atoms with van der Waals surface area (Å²) >= 11 is 0. The average molecular weight is 427 g/mol. The second-order valence-electron chi connectivity index (χ2n) is 9.14. The first-order valence-corrected chi connectivity index (χ1v) is 13.1. The molecule has 8 heteroatoms. The Morgan fingerprint density at radius 2 is 1.79 bits per heavy atom. The molecule has 0 N–H and O–H groups in total. The highest BCUT2D eigenvalue weighted by molar-refractivity contribution is 7.92. The molecular weight excluding hydrogens is 396 g/mol. The van der Waals surface area contributed by atoms with E-state index in [2.05, 4.69) is 25.3 Å². The molecule has 1 fully saturated rings. The van der Waals surface area contributed by atoms with Gasteiger partial charge >= 0.3 is 0 Å². The molecule has 0 amide bonds. The van der Waals surface area contributed by atoms with Crippen LogP contribution in [0.4, 0.5) is 0 Å². The molecule has 0 spiro atoms. The number of nitrogens with zero attached hydrogens (tertiary/aromatic N) is 2. The standard InChI is InChI=1S/C20H30N2O4S2/c1-14(2)28(25,26)16-6-7-18-17(12-16)21-19(20(3,4)5)22(18)13-15-8-10-27(23,24)11-9-15/h6-7,12,14-15H,8-11,13H2,1-5H3. The Labute approximate surface area is 168 Å². The lowest BCUT2D eigenvalue weighted by atomic mass is 9.95. The van der Waals surface area contributed by atoms with Crippen molar-refractivity contribution >= 4 is 30.7 Å². The van der Waals surface area contributed by atoms with Crippen LogP contribution in [-0.2, 0) is 31.6 Å². The second-order valence-corrected chi connectivity index (χ2v) is 13.9. The van der Waals surface area contributed by atoms with Crippen LogP contribution < -0.4 is 0 Å². The van der Waals surface area contributed by atoms with E-state index in [1.54, 1.807) is 26.0 Å². The van der Waals surface area contributed by atoms with Crippen LogP contribution in [0.15, 0.2) is 23.1 Å². The normalized spacial score (nSPS) is 18.8. The van der Waals surface area contributed by atoms with Gasteiger partial charge in [0.05, 0.1) is 32.7 Å². The van der Waals surface area contributed by atoms with Crippen molar-refractivity contribution in [1.29, 1.82) is 0 Å². The fourth-order valence-corrected chi connectivity index (χ4v) is 6.36. The molecule has 156 valence electrons. The van der Waals surface area contributed by atoms with E-state index in [4.69, 9.17) is 4.98 Å². The van der Waals surface area contributed by atoms with E-state index in [1.807, 2.05) is 6.07 Å². The van der Waals surface area contributed by atoms with Crippen molar-refractivity contribution in [3.05, 3.63) is 24.0 Å². The third kappa shape index (κ3) is 4.13. The molecule has 2 aromatic rings. The lowest BCUT2D eigenvalue weighted by Crippen LogP contribution is -2.28. The summed E-state index contributed by atoms with van der Waals surface area (Å²) in [5.74, 6) is 1.66. The minimum absolute atomic E-state index is 0.211. The zero-order valence-electron chi connectivity index (χ0n) is 17.3. The molecule has 1 aliphatic rings. The van der Waals surface area contributed by atoms with Gasteiger partial charge in [0.2, 0.25) is 0 Å². The van der Waals surface area contributed by atoms with E-state index < -0.39 is 24.9 Å². The quantitative estimate of drug-likeness (QED) is 0.748. The molecule has 0 radical (unpaired) electrons. The van der Waals surface area contributed by atoms with E-state index in [-0.39, 0.29) is 22.8 Å². The molecule has 0 aliphatic carbocycles. The van der Waals surface area contributed by atoms with Gasteiger partial charge < -0.3 is 4.57 Å². The van der Waals surface area contributed by atoms with E-state index in [0.717, 1.165) is 11.3 Å². The van der Waals surface area contributed by atoms with Crippen LogP contribution in [0, 0.1) is 5.92 Å². The van der Waals surface area contributed by atoms with Crippen molar-refractivity contribution in [2.45, 2.75) is 69.6 Å². The van der Waals surface area contributed by atoms with Gasteiger partial charge in [-0.15, -0.1) is 0 Å². The smallest absolute Gasteiger partial charge is 0.180 e.